The van der Waals surface area contributed by atoms with Gasteiger partial charge in [-0.3, -0.25) is 19.5 Å². The SMILES string of the molecule is Cc1ccccc1-n1c(SCC(=O)Nc2nnc(C(C)C)o2)nc2sc3c(c2c1=O)CCC3. The molecule has 0 fully saturated rings. The van der Waals surface area contributed by atoms with E-state index in [9.17, 15) is 9.59 Å². The van der Waals surface area contributed by atoms with E-state index in [1.54, 1.807) is 15.9 Å². The summed E-state index contributed by atoms with van der Waals surface area (Å²) in [5, 5.41) is 11.6. The molecule has 33 heavy (non-hydrogen) atoms. The molecule has 3 aromatic heterocycles. The van der Waals surface area contributed by atoms with Crippen molar-refractivity contribution in [3.63, 3.8) is 0 Å². The van der Waals surface area contributed by atoms with E-state index in [-0.39, 0.29) is 29.2 Å². The van der Waals surface area contributed by atoms with Gasteiger partial charge in [-0.05, 0) is 43.4 Å². The number of amides is 1. The van der Waals surface area contributed by atoms with Crippen LogP contribution in [0.1, 0.15) is 48.1 Å². The highest BCUT2D eigenvalue weighted by Crippen LogP contribution is 2.36. The number of hydrogen-bond acceptors (Lipinski definition) is 8. The molecule has 1 aliphatic carbocycles. The molecule has 5 rings (SSSR count). The molecule has 0 aliphatic heterocycles. The average Bonchev–Trinajstić information content (AvgIpc) is 3.49. The molecule has 0 radical (unpaired) electrons. The highest BCUT2D eigenvalue weighted by molar-refractivity contribution is 7.99. The molecule has 0 saturated carbocycles. The summed E-state index contributed by atoms with van der Waals surface area (Å²) in [5.74, 6) is 0.279. The van der Waals surface area contributed by atoms with Gasteiger partial charge in [-0.1, -0.05) is 48.9 Å². The average molecular weight is 482 g/mol. The van der Waals surface area contributed by atoms with Crippen molar-refractivity contribution >= 4 is 45.2 Å². The number of anilines is 1. The fourth-order valence-electron chi connectivity index (χ4n) is 3.95. The molecule has 4 aromatic rings. The Hall–Kier alpha value is -2.98. The van der Waals surface area contributed by atoms with Crippen molar-refractivity contribution in [2.45, 2.75) is 51.1 Å². The Morgan fingerprint density at radius 3 is 2.85 bits per heavy atom. The molecule has 3 heterocycles. The smallest absolute Gasteiger partial charge is 0.322 e. The molecule has 0 bridgehead atoms. The van der Waals surface area contributed by atoms with E-state index in [4.69, 9.17) is 9.40 Å². The lowest BCUT2D eigenvalue weighted by molar-refractivity contribution is -0.113. The zero-order valence-electron chi connectivity index (χ0n) is 18.5. The van der Waals surface area contributed by atoms with Crippen LogP contribution in [-0.4, -0.2) is 31.4 Å². The highest BCUT2D eigenvalue weighted by atomic mass is 32.2. The molecule has 0 atom stereocenters. The fraction of sp³-hybridized carbons (Fsp3) is 0.348. The predicted octanol–water partition coefficient (Wildman–Crippen LogP) is 4.48. The van der Waals surface area contributed by atoms with Gasteiger partial charge in [0.25, 0.3) is 5.56 Å². The summed E-state index contributed by atoms with van der Waals surface area (Å²) in [5.41, 5.74) is 2.80. The summed E-state index contributed by atoms with van der Waals surface area (Å²) in [6.07, 6.45) is 2.98. The molecule has 0 saturated heterocycles. The van der Waals surface area contributed by atoms with Crippen molar-refractivity contribution < 1.29 is 9.21 Å². The Kier molecular flexibility index (Phi) is 5.79. The van der Waals surface area contributed by atoms with Crippen molar-refractivity contribution in [2.24, 2.45) is 0 Å². The van der Waals surface area contributed by atoms with E-state index >= 15 is 0 Å². The largest absolute Gasteiger partial charge is 0.408 e. The van der Waals surface area contributed by atoms with Crippen LogP contribution in [0.5, 0.6) is 0 Å². The monoisotopic (exact) mass is 481 g/mol. The molecule has 170 valence electrons. The number of carbonyl (C=O) groups is 1. The topological polar surface area (TPSA) is 103 Å². The molecular weight excluding hydrogens is 458 g/mol. The molecule has 1 N–H and O–H groups in total. The maximum atomic E-state index is 13.7. The van der Waals surface area contributed by atoms with Crippen LogP contribution in [0.15, 0.2) is 38.6 Å². The third-order valence-corrected chi connectivity index (χ3v) is 7.70. The second kappa shape index (κ2) is 8.75. The number of benzene rings is 1. The number of para-hydroxylation sites is 1. The van der Waals surface area contributed by atoms with Crippen molar-refractivity contribution in [2.75, 3.05) is 11.1 Å². The number of thiophene rings is 1. The van der Waals surface area contributed by atoms with Gasteiger partial charge in [0.1, 0.15) is 4.83 Å². The third-order valence-electron chi connectivity index (χ3n) is 5.58. The second-order valence-corrected chi connectivity index (χ2v) is 10.3. The first-order valence-corrected chi connectivity index (χ1v) is 12.6. The van der Waals surface area contributed by atoms with E-state index in [2.05, 4.69) is 15.5 Å². The van der Waals surface area contributed by atoms with Crippen LogP contribution in [0, 0.1) is 6.92 Å². The fourth-order valence-corrected chi connectivity index (χ4v) is 6.06. The van der Waals surface area contributed by atoms with Gasteiger partial charge in [-0.25, -0.2) is 4.98 Å². The molecule has 0 unspecified atom stereocenters. The number of hydrogen-bond donors (Lipinski definition) is 1. The number of aryl methyl sites for hydroxylation is 3. The van der Waals surface area contributed by atoms with Crippen LogP contribution in [0.3, 0.4) is 0 Å². The van der Waals surface area contributed by atoms with Crippen molar-refractivity contribution in [3.8, 4) is 5.69 Å². The first kappa shape index (κ1) is 21.8. The van der Waals surface area contributed by atoms with Crippen LogP contribution in [0.25, 0.3) is 15.9 Å². The summed E-state index contributed by atoms with van der Waals surface area (Å²) in [6.45, 7) is 5.83. The van der Waals surface area contributed by atoms with Gasteiger partial charge in [0, 0.05) is 10.8 Å². The van der Waals surface area contributed by atoms with E-state index in [0.29, 0.717) is 11.0 Å². The van der Waals surface area contributed by atoms with Gasteiger partial charge >= 0.3 is 6.01 Å². The first-order chi connectivity index (χ1) is 15.9. The zero-order chi connectivity index (χ0) is 23.1. The van der Waals surface area contributed by atoms with Gasteiger partial charge in [-0.15, -0.1) is 16.4 Å². The van der Waals surface area contributed by atoms with E-state index in [1.807, 2.05) is 45.0 Å². The van der Waals surface area contributed by atoms with Crippen LogP contribution in [0.2, 0.25) is 0 Å². The van der Waals surface area contributed by atoms with Crippen LogP contribution in [-0.2, 0) is 17.6 Å². The number of nitrogens with one attached hydrogen (secondary N) is 1. The van der Waals surface area contributed by atoms with E-state index < -0.39 is 0 Å². The first-order valence-electron chi connectivity index (χ1n) is 10.8. The Morgan fingerprint density at radius 2 is 2.09 bits per heavy atom. The molecule has 1 aromatic carbocycles. The van der Waals surface area contributed by atoms with Crippen molar-refractivity contribution in [1.29, 1.82) is 0 Å². The van der Waals surface area contributed by atoms with Gasteiger partial charge in [0.05, 0.1) is 16.8 Å². The second-order valence-electron chi connectivity index (χ2n) is 8.30. The minimum absolute atomic E-state index is 0.0499. The number of thioether (sulfide) groups is 1. The van der Waals surface area contributed by atoms with Crippen LogP contribution >= 0.6 is 23.1 Å². The number of carbonyl (C=O) groups excluding carboxylic acids is 1. The van der Waals surface area contributed by atoms with E-state index in [1.165, 1.54) is 16.6 Å². The molecule has 1 aliphatic rings. The number of nitrogens with zero attached hydrogens (tertiary/aromatic N) is 4. The van der Waals surface area contributed by atoms with Crippen LogP contribution in [0.4, 0.5) is 6.01 Å². The summed E-state index contributed by atoms with van der Waals surface area (Å²) < 4.78 is 7.10. The maximum Gasteiger partial charge on any atom is 0.322 e. The minimum Gasteiger partial charge on any atom is -0.408 e. The summed E-state index contributed by atoms with van der Waals surface area (Å²) in [7, 11) is 0. The molecule has 10 heteroatoms. The molecule has 0 spiro atoms. The Labute approximate surface area is 198 Å². The normalized spacial score (nSPS) is 13.1. The quantitative estimate of drug-likeness (QED) is 0.320. The molecular formula is C23H23N5O3S2. The lowest BCUT2D eigenvalue weighted by atomic mass is 10.2. The Balaban J connectivity index is 1.49. The molecule has 1 amide bonds. The Morgan fingerprint density at radius 1 is 1.27 bits per heavy atom. The van der Waals surface area contributed by atoms with Crippen LogP contribution < -0.4 is 10.9 Å². The van der Waals surface area contributed by atoms with Gasteiger partial charge in [-0.2, -0.15) is 0 Å². The third kappa shape index (κ3) is 4.08. The van der Waals surface area contributed by atoms with Gasteiger partial charge in [0.15, 0.2) is 5.16 Å². The van der Waals surface area contributed by atoms with Crippen molar-refractivity contribution in [1.82, 2.24) is 19.7 Å². The highest BCUT2D eigenvalue weighted by Gasteiger charge is 2.24. The lowest BCUT2D eigenvalue weighted by Crippen LogP contribution is -2.23. The number of fused-ring (bicyclic) bond motifs is 3. The van der Waals surface area contributed by atoms with E-state index in [0.717, 1.165) is 46.3 Å². The van der Waals surface area contributed by atoms with Gasteiger partial charge < -0.3 is 4.42 Å². The summed E-state index contributed by atoms with van der Waals surface area (Å²) >= 11 is 2.81. The standard InChI is InChI=1S/C23H23N5O3S2/c1-12(2)19-26-27-22(31-19)24-17(29)11-32-23-25-20-18(14-8-6-10-16(14)33-20)21(30)28(23)15-9-5-4-7-13(15)3/h4-5,7,9,12H,6,8,10-11H2,1-3H3,(H,24,27,29). The lowest BCUT2D eigenvalue weighted by Gasteiger charge is -2.14. The predicted molar refractivity (Wildman–Crippen MR) is 130 cm³/mol. The number of aromatic nitrogens is 4. The summed E-state index contributed by atoms with van der Waals surface area (Å²) in [4.78, 5) is 33.1. The number of rotatable bonds is 6. The minimum atomic E-state index is -0.307. The molecule has 8 nitrogen and oxygen atoms in total. The maximum absolute atomic E-state index is 13.7. The summed E-state index contributed by atoms with van der Waals surface area (Å²) in [6, 6.07) is 7.78. The van der Waals surface area contributed by atoms with Gasteiger partial charge in [0.2, 0.25) is 11.8 Å². The Bertz CT molecular complexity index is 1420. The van der Waals surface area contributed by atoms with Crippen molar-refractivity contribution in [3.05, 3.63) is 56.5 Å². The zero-order valence-corrected chi connectivity index (χ0v) is 20.2.